The summed E-state index contributed by atoms with van der Waals surface area (Å²) in [5.41, 5.74) is 5.78. The first kappa shape index (κ1) is 8.11. The minimum absolute atomic E-state index is 0.151. The Bertz CT molecular complexity index is 179. The van der Waals surface area contributed by atoms with E-state index in [1.807, 2.05) is 0 Å². The van der Waals surface area contributed by atoms with Crippen LogP contribution < -0.4 is 5.73 Å². The molecule has 0 amide bonds. The van der Waals surface area contributed by atoms with Gasteiger partial charge in [0.2, 0.25) is 0 Å². The fourth-order valence-electron chi connectivity index (χ4n) is 0.873. The molecule has 0 heterocycles. The molecule has 0 aromatic heterocycles. The molecule has 1 fully saturated rings. The van der Waals surface area contributed by atoms with Crippen molar-refractivity contribution in [1.82, 2.24) is 0 Å². The van der Waals surface area contributed by atoms with E-state index in [-0.39, 0.29) is 12.1 Å². The van der Waals surface area contributed by atoms with Gasteiger partial charge in [0.25, 0.3) is 0 Å². The highest BCUT2D eigenvalue weighted by Gasteiger charge is 2.20. The van der Waals surface area contributed by atoms with Gasteiger partial charge in [-0.15, -0.1) is 0 Å². The number of hydrogen-bond acceptors (Lipinski definition) is 3. The number of carbonyl (C=O) groups excluding carboxylic acids is 1. The molecular formula is C8H13NO2. The van der Waals surface area contributed by atoms with E-state index in [0.717, 1.165) is 12.8 Å². The van der Waals surface area contributed by atoms with Gasteiger partial charge < -0.3 is 10.5 Å². The van der Waals surface area contributed by atoms with Crippen LogP contribution in [0.3, 0.4) is 0 Å². The quantitative estimate of drug-likeness (QED) is 0.477. The largest absolute Gasteiger partial charge is 0.459 e. The average Bonchev–Trinajstić information content (AvgIpc) is 1.77. The fraction of sp³-hybridized carbons (Fsp3) is 0.625. The van der Waals surface area contributed by atoms with Gasteiger partial charge in [0.05, 0.1) is 0 Å². The lowest BCUT2D eigenvalue weighted by atomic mass is 9.96. The smallest absolute Gasteiger partial charge is 0.332 e. The molecule has 0 bridgehead atoms. The van der Waals surface area contributed by atoms with E-state index in [1.165, 1.54) is 12.5 Å². The Balaban J connectivity index is 2.25. The van der Waals surface area contributed by atoms with Crippen LogP contribution in [0.5, 0.6) is 0 Å². The molecular weight excluding hydrogens is 142 g/mol. The van der Waals surface area contributed by atoms with Crippen molar-refractivity contribution >= 4 is 5.97 Å². The molecule has 1 saturated carbocycles. The summed E-state index contributed by atoms with van der Waals surface area (Å²) in [4.78, 5) is 10.9. The van der Waals surface area contributed by atoms with Crippen LogP contribution >= 0.6 is 0 Å². The molecule has 3 nitrogen and oxygen atoms in total. The van der Waals surface area contributed by atoms with E-state index in [2.05, 4.69) is 0 Å². The van der Waals surface area contributed by atoms with Crippen molar-refractivity contribution in [3.8, 4) is 0 Å². The molecule has 0 unspecified atom stereocenters. The van der Waals surface area contributed by atoms with Crippen molar-refractivity contribution in [3.63, 3.8) is 0 Å². The molecule has 0 aliphatic heterocycles. The molecule has 0 spiro atoms. The van der Waals surface area contributed by atoms with Crippen molar-refractivity contribution in [2.45, 2.75) is 32.3 Å². The number of rotatable bonds is 2. The van der Waals surface area contributed by atoms with Gasteiger partial charge in [0, 0.05) is 11.8 Å². The predicted octanol–water partition coefficient (Wildman–Crippen LogP) is 0.945. The first-order chi connectivity index (χ1) is 5.18. The second-order valence-corrected chi connectivity index (χ2v) is 2.88. The van der Waals surface area contributed by atoms with E-state index in [1.54, 1.807) is 6.92 Å². The highest BCUT2D eigenvalue weighted by atomic mass is 16.5. The van der Waals surface area contributed by atoms with Crippen LogP contribution in [0.4, 0.5) is 0 Å². The topological polar surface area (TPSA) is 52.3 Å². The zero-order chi connectivity index (χ0) is 8.27. The SMILES string of the molecule is CC(N)=CC(=O)OC1CCC1. The molecule has 1 aliphatic rings. The lowest BCUT2D eigenvalue weighted by Gasteiger charge is -2.24. The number of carbonyl (C=O) groups is 1. The molecule has 1 rings (SSSR count). The van der Waals surface area contributed by atoms with Gasteiger partial charge in [-0.1, -0.05) is 0 Å². The fourth-order valence-corrected chi connectivity index (χ4v) is 0.873. The van der Waals surface area contributed by atoms with Crippen molar-refractivity contribution in [2.24, 2.45) is 5.73 Å². The van der Waals surface area contributed by atoms with Gasteiger partial charge in [0.15, 0.2) is 0 Å². The maximum Gasteiger partial charge on any atom is 0.332 e. The molecule has 11 heavy (non-hydrogen) atoms. The Morgan fingerprint density at radius 3 is 2.64 bits per heavy atom. The van der Waals surface area contributed by atoms with Gasteiger partial charge in [-0.25, -0.2) is 4.79 Å². The van der Waals surface area contributed by atoms with Crippen LogP contribution in [-0.2, 0) is 9.53 Å². The summed E-state index contributed by atoms with van der Waals surface area (Å²) >= 11 is 0. The van der Waals surface area contributed by atoms with Crippen molar-refractivity contribution in [3.05, 3.63) is 11.8 Å². The highest BCUT2D eigenvalue weighted by Crippen LogP contribution is 2.21. The maximum atomic E-state index is 10.9. The molecule has 0 saturated heterocycles. The molecule has 0 aromatic rings. The van der Waals surface area contributed by atoms with Crippen LogP contribution in [0.1, 0.15) is 26.2 Å². The maximum absolute atomic E-state index is 10.9. The molecule has 0 atom stereocenters. The third-order valence-electron chi connectivity index (χ3n) is 1.68. The lowest BCUT2D eigenvalue weighted by Crippen LogP contribution is -2.24. The summed E-state index contributed by atoms with van der Waals surface area (Å²) in [7, 11) is 0. The number of hydrogen-bond donors (Lipinski definition) is 1. The van der Waals surface area contributed by atoms with E-state index in [9.17, 15) is 4.79 Å². The number of esters is 1. The molecule has 62 valence electrons. The molecule has 3 heteroatoms. The van der Waals surface area contributed by atoms with E-state index in [0.29, 0.717) is 5.70 Å². The molecule has 2 N–H and O–H groups in total. The van der Waals surface area contributed by atoms with Crippen molar-refractivity contribution in [2.75, 3.05) is 0 Å². The van der Waals surface area contributed by atoms with Crippen LogP contribution in [-0.4, -0.2) is 12.1 Å². The minimum Gasteiger partial charge on any atom is -0.459 e. The van der Waals surface area contributed by atoms with Crippen LogP contribution in [0, 0.1) is 0 Å². The molecule has 1 aliphatic carbocycles. The standard InChI is InChI=1S/C8H13NO2/c1-6(9)5-8(10)11-7-3-2-4-7/h5,7H,2-4,9H2,1H3. The van der Waals surface area contributed by atoms with Gasteiger partial charge in [-0.3, -0.25) is 0 Å². The monoisotopic (exact) mass is 155 g/mol. The Morgan fingerprint density at radius 2 is 2.27 bits per heavy atom. The predicted molar refractivity (Wildman–Crippen MR) is 41.7 cm³/mol. The lowest BCUT2D eigenvalue weighted by molar-refractivity contribution is -0.146. The van der Waals surface area contributed by atoms with Crippen LogP contribution in [0.25, 0.3) is 0 Å². The van der Waals surface area contributed by atoms with Crippen LogP contribution in [0.2, 0.25) is 0 Å². The third-order valence-corrected chi connectivity index (χ3v) is 1.68. The van der Waals surface area contributed by atoms with E-state index >= 15 is 0 Å². The van der Waals surface area contributed by atoms with Crippen LogP contribution in [0.15, 0.2) is 11.8 Å². The Labute approximate surface area is 66.2 Å². The average molecular weight is 155 g/mol. The van der Waals surface area contributed by atoms with E-state index < -0.39 is 0 Å². The van der Waals surface area contributed by atoms with Gasteiger partial charge >= 0.3 is 5.97 Å². The van der Waals surface area contributed by atoms with Gasteiger partial charge in [-0.2, -0.15) is 0 Å². The van der Waals surface area contributed by atoms with Gasteiger partial charge in [-0.05, 0) is 26.2 Å². The second kappa shape index (κ2) is 3.42. The summed E-state index contributed by atoms with van der Waals surface area (Å²) in [6.07, 6.45) is 4.65. The second-order valence-electron chi connectivity index (χ2n) is 2.88. The summed E-state index contributed by atoms with van der Waals surface area (Å²) in [5.74, 6) is -0.310. The molecule has 0 radical (unpaired) electrons. The zero-order valence-corrected chi connectivity index (χ0v) is 6.67. The molecule has 0 aromatic carbocycles. The van der Waals surface area contributed by atoms with Crippen molar-refractivity contribution in [1.29, 1.82) is 0 Å². The number of allylic oxidation sites excluding steroid dienone is 1. The number of nitrogens with two attached hydrogens (primary N) is 1. The minimum atomic E-state index is -0.310. The summed E-state index contributed by atoms with van der Waals surface area (Å²) in [5, 5.41) is 0. The van der Waals surface area contributed by atoms with Gasteiger partial charge in [0.1, 0.15) is 6.10 Å². The summed E-state index contributed by atoms with van der Waals surface area (Å²) < 4.78 is 5.00. The Kier molecular flexibility index (Phi) is 2.52. The normalized spacial score (nSPS) is 19.2. The third kappa shape index (κ3) is 2.62. The van der Waals surface area contributed by atoms with Crippen molar-refractivity contribution < 1.29 is 9.53 Å². The Hall–Kier alpha value is -0.990. The highest BCUT2D eigenvalue weighted by molar-refractivity contribution is 5.82. The zero-order valence-electron chi connectivity index (χ0n) is 6.67. The summed E-state index contributed by atoms with van der Waals surface area (Å²) in [6, 6.07) is 0. The first-order valence-corrected chi connectivity index (χ1v) is 3.83. The Morgan fingerprint density at radius 1 is 1.64 bits per heavy atom. The number of ether oxygens (including phenoxy) is 1. The van der Waals surface area contributed by atoms with E-state index in [4.69, 9.17) is 10.5 Å². The summed E-state index contributed by atoms with van der Waals surface area (Å²) in [6.45, 7) is 1.67. The first-order valence-electron chi connectivity index (χ1n) is 3.83.